The minimum Gasteiger partial charge on any atom is -0.493 e. The van der Waals surface area contributed by atoms with Crippen LogP contribution < -0.4 is 19.5 Å². The van der Waals surface area contributed by atoms with Gasteiger partial charge >= 0.3 is 0 Å². The van der Waals surface area contributed by atoms with E-state index >= 15 is 0 Å². The zero-order valence-corrected chi connectivity index (χ0v) is 17.6. The number of methoxy groups -OCH3 is 1. The highest BCUT2D eigenvalue weighted by atomic mass is 16.5. The third-order valence-corrected chi connectivity index (χ3v) is 4.73. The molecule has 3 N–H and O–H groups in total. The first-order chi connectivity index (χ1) is 15.2. The quantitative estimate of drug-likeness (QED) is 0.415. The van der Waals surface area contributed by atoms with Crippen molar-refractivity contribution in [3.8, 4) is 17.2 Å². The normalized spacial score (nSPS) is 12.7. The molecule has 3 rings (SSSR count). The molecule has 0 aromatic heterocycles. The summed E-state index contributed by atoms with van der Waals surface area (Å²) in [6.07, 6.45) is -1.41. The summed E-state index contributed by atoms with van der Waals surface area (Å²) in [5.74, 6) is 1.95. The van der Waals surface area contributed by atoms with Crippen LogP contribution in [0.15, 0.2) is 78.9 Å². The van der Waals surface area contributed by atoms with Crippen molar-refractivity contribution in [1.29, 1.82) is 0 Å². The molecule has 164 valence electrons. The molecule has 0 aliphatic heterocycles. The van der Waals surface area contributed by atoms with Crippen LogP contribution >= 0.6 is 0 Å². The van der Waals surface area contributed by atoms with Gasteiger partial charge in [-0.1, -0.05) is 54.6 Å². The number of rotatable bonds is 12. The second-order valence-electron chi connectivity index (χ2n) is 7.13. The molecule has 6 heteroatoms. The molecule has 0 amide bonds. The van der Waals surface area contributed by atoms with Crippen LogP contribution in [0.1, 0.15) is 17.2 Å². The fourth-order valence-electron chi connectivity index (χ4n) is 3.01. The maximum atomic E-state index is 10.4. The van der Waals surface area contributed by atoms with Gasteiger partial charge < -0.3 is 29.7 Å². The maximum absolute atomic E-state index is 10.4. The van der Waals surface area contributed by atoms with Crippen molar-refractivity contribution < 1.29 is 24.4 Å². The number of aliphatic hydroxyl groups is 2. The molecule has 31 heavy (non-hydrogen) atoms. The van der Waals surface area contributed by atoms with E-state index < -0.39 is 12.2 Å². The average molecular weight is 424 g/mol. The van der Waals surface area contributed by atoms with Crippen molar-refractivity contribution >= 4 is 0 Å². The van der Waals surface area contributed by atoms with Crippen molar-refractivity contribution in [2.24, 2.45) is 0 Å². The van der Waals surface area contributed by atoms with Crippen molar-refractivity contribution in [2.45, 2.75) is 18.8 Å². The third kappa shape index (κ3) is 7.29. The Balaban J connectivity index is 1.37. The molecule has 0 bridgehead atoms. The Hall–Kier alpha value is -3.06. The van der Waals surface area contributed by atoms with Gasteiger partial charge in [0, 0.05) is 13.1 Å². The monoisotopic (exact) mass is 423 g/mol. The number of hydrogen-bond acceptors (Lipinski definition) is 6. The molecule has 0 saturated heterocycles. The Morgan fingerprint density at radius 3 is 2.16 bits per heavy atom. The van der Waals surface area contributed by atoms with Gasteiger partial charge in [0.25, 0.3) is 0 Å². The van der Waals surface area contributed by atoms with Crippen LogP contribution in [0, 0.1) is 0 Å². The molecular weight excluding hydrogens is 394 g/mol. The molecule has 0 spiro atoms. The van der Waals surface area contributed by atoms with Gasteiger partial charge in [0.2, 0.25) is 0 Å². The Labute approximate surface area is 183 Å². The lowest BCUT2D eigenvalue weighted by molar-refractivity contribution is 0.0982. The highest BCUT2D eigenvalue weighted by Gasteiger charge is 2.11. The zero-order chi connectivity index (χ0) is 21.9. The molecule has 0 radical (unpaired) electrons. The second kappa shape index (κ2) is 12.0. The fraction of sp³-hybridized carbons (Fsp3) is 0.280. The Morgan fingerprint density at radius 1 is 0.774 bits per heavy atom. The molecule has 2 unspecified atom stereocenters. The lowest BCUT2D eigenvalue weighted by Crippen LogP contribution is -2.33. The van der Waals surface area contributed by atoms with Gasteiger partial charge in [0.15, 0.2) is 11.5 Å². The molecule has 0 fully saturated rings. The van der Waals surface area contributed by atoms with Crippen LogP contribution in [0.5, 0.6) is 17.2 Å². The molecule has 3 aromatic rings. The van der Waals surface area contributed by atoms with Gasteiger partial charge in [-0.25, -0.2) is 0 Å². The average Bonchev–Trinajstić information content (AvgIpc) is 2.82. The largest absolute Gasteiger partial charge is 0.493 e. The molecule has 6 nitrogen and oxygen atoms in total. The lowest BCUT2D eigenvalue weighted by atomic mass is 10.1. The summed E-state index contributed by atoms with van der Waals surface area (Å²) in [6, 6.07) is 24.6. The predicted octanol–water partition coefficient (Wildman–Crippen LogP) is 3.34. The Kier molecular flexibility index (Phi) is 8.72. The molecule has 0 saturated carbocycles. The number of benzene rings is 3. The van der Waals surface area contributed by atoms with Crippen LogP contribution in [0.25, 0.3) is 0 Å². The van der Waals surface area contributed by atoms with Gasteiger partial charge in [0.1, 0.15) is 25.1 Å². The summed E-state index contributed by atoms with van der Waals surface area (Å²) in [6.45, 7) is 1.23. The summed E-state index contributed by atoms with van der Waals surface area (Å²) >= 11 is 0. The van der Waals surface area contributed by atoms with Gasteiger partial charge in [-0.2, -0.15) is 0 Å². The van der Waals surface area contributed by atoms with Gasteiger partial charge in [-0.05, 0) is 35.4 Å². The molecule has 0 heterocycles. The minimum atomic E-state index is -0.717. The predicted molar refractivity (Wildman–Crippen MR) is 120 cm³/mol. The van der Waals surface area contributed by atoms with E-state index in [1.54, 1.807) is 19.2 Å². The van der Waals surface area contributed by atoms with E-state index in [4.69, 9.17) is 14.2 Å². The van der Waals surface area contributed by atoms with E-state index in [2.05, 4.69) is 5.32 Å². The first kappa shape index (κ1) is 22.6. The highest BCUT2D eigenvalue weighted by Crippen LogP contribution is 2.25. The van der Waals surface area contributed by atoms with Gasteiger partial charge in [0.05, 0.1) is 13.2 Å². The standard InChI is InChI=1S/C25H29NO5/c1-29-24-9-5-6-10-25(24)31-18-21(27)15-26-16-23(28)20-11-13-22(14-12-20)30-17-19-7-3-2-4-8-19/h2-14,21,23,26-28H,15-18H2,1H3. The van der Waals surface area contributed by atoms with E-state index in [9.17, 15) is 10.2 Å². The van der Waals surface area contributed by atoms with Crippen LogP contribution in [0.4, 0.5) is 0 Å². The minimum absolute atomic E-state index is 0.122. The highest BCUT2D eigenvalue weighted by molar-refractivity contribution is 5.39. The zero-order valence-electron chi connectivity index (χ0n) is 17.6. The van der Waals surface area contributed by atoms with Crippen molar-refractivity contribution in [1.82, 2.24) is 5.32 Å². The number of para-hydroxylation sites is 2. The van der Waals surface area contributed by atoms with Crippen molar-refractivity contribution in [3.63, 3.8) is 0 Å². The van der Waals surface area contributed by atoms with Crippen molar-refractivity contribution in [2.75, 3.05) is 26.8 Å². The number of nitrogens with one attached hydrogen (secondary N) is 1. The fourth-order valence-corrected chi connectivity index (χ4v) is 3.01. The Bertz CT molecular complexity index is 901. The van der Waals surface area contributed by atoms with Crippen LogP contribution in [0.3, 0.4) is 0 Å². The van der Waals surface area contributed by atoms with E-state index in [-0.39, 0.29) is 6.61 Å². The molecule has 0 aliphatic carbocycles. The maximum Gasteiger partial charge on any atom is 0.161 e. The SMILES string of the molecule is COc1ccccc1OCC(O)CNCC(O)c1ccc(OCc2ccccc2)cc1. The number of aliphatic hydroxyl groups excluding tert-OH is 2. The smallest absolute Gasteiger partial charge is 0.161 e. The van der Waals surface area contributed by atoms with Gasteiger partial charge in [-0.3, -0.25) is 0 Å². The van der Waals surface area contributed by atoms with Gasteiger partial charge in [-0.15, -0.1) is 0 Å². The van der Waals surface area contributed by atoms with E-state index in [1.807, 2.05) is 66.7 Å². The molecule has 0 aliphatic rings. The second-order valence-corrected chi connectivity index (χ2v) is 7.13. The molecule has 3 aromatic carbocycles. The Morgan fingerprint density at radius 2 is 1.45 bits per heavy atom. The number of ether oxygens (including phenoxy) is 3. The van der Waals surface area contributed by atoms with E-state index in [1.165, 1.54) is 0 Å². The summed E-state index contributed by atoms with van der Waals surface area (Å²) in [4.78, 5) is 0. The van der Waals surface area contributed by atoms with Crippen LogP contribution in [-0.4, -0.2) is 43.1 Å². The summed E-state index contributed by atoms with van der Waals surface area (Å²) in [5.41, 5.74) is 1.88. The van der Waals surface area contributed by atoms with E-state index in [0.29, 0.717) is 31.2 Å². The third-order valence-electron chi connectivity index (χ3n) is 4.73. The van der Waals surface area contributed by atoms with Crippen LogP contribution in [0.2, 0.25) is 0 Å². The molecular formula is C25H29NO5. The first-order valence-electron chi connectivity index (χ1n) is 10.2. The first-order valence-corrected chi connectivity index (χ1v) is 10.2. The van der Waals surface area contributed by atoms with Crippen LogP contribution in [-0.2, 0) is 6.61 Å². The topological polar surface area (TPSA) is 80.2 Å². The van der Waals surface area contributed by atoms with Crippen molar-refractivity contribution in [3.05, 3.63) is 90.0 Å². The molecule has 2 atom stereocenters. The van der Waals surface area contributed by atoms with E-state index in [0.717, 1.165) is 16.9 Å². The number of hydrogen-bond donors (Lipinski definition) is 3. The summed E-state index contributed by atoms with van der Waals surface area (Å²) in [5, 5.41) is 23.6. The summed E-state index contributed by atoms with van der Waals surface area (Å²) in [7, 11) is 1.57. The lowest BCUT2D eigenvalue weighted by Gasteiger charge is -2.17. The summed E-state index contributed by atoms with van der Waals surface area (Å²) < 4.78 is 16.6.